The first kappa shape index (κ1) is 6.77. The van der Waals surface area contributed by atoms with Gasteiger partial charge in [-0.25, -0.2) is 0 Å². The molecule has 0 aromatic carbocycles. The average molecular weight is 206 g/mol. The highest BCUT2D eigenvalue weighted by molar-refractivity contribution is 9.11. The number of nitrogens with zero attached hydrogens (tertiary/aromatic N) is 1. The van der Waals surface area contributed by atoms with Gasteiger partial charge in [-0.3, -0.25) is 0 Å². The molecule has 0 radical (unpaired) electrons. The summed E-state index contributed by atoms with van der Waals surface area (Å²) in [6.45, 7) is 0. The number of thiophene rings is 1. The Labute approximate surface area is 64.9 Å². The lowest BCUT2D eigenvalue weighted by Gasteiger charge is -1.74. The van der Waals surface area contributed by atoms with Crippen molar-refractivity contribution in [2.45, 2.75) is 0 Å². The Balaban J connectivity index is 2.85. The zero-order chi connectivity index (χ0) is 6.69. The maximum Gasteiger partial charge on any atom is 0.0742 e. The van der Waals surface area contributed by atoms with E-state index >= 15 is 0 Å². The van der Waals surface area contributed by atoms with Gasteiger partial charge in [0.05, 0.1) is 10.0 Å². The fraction of sp³-hybridized carbons (Fsp3) is 0. The molecule has 1 heterocycles. The average Bonchev–Trinajstić information content (AvgIpc) is 2.17. The molecule has 1 aromatic heterocycles. The van der Waals surface area contributed by atoms with Gasteiger partial charge >= 0.3 is 0 Å². The Morgan fingerprint density at radius 1 is 1.78 bits per heavy atom. The van der Waals surface area contributed by atoms with Crippen molar-refractivity contribution in [2.75, 3.05) is 0 Å². The molecule has 0 aliphatic rings. The van der Waals surface area contributed by atoms with Crippen LogP contribution in [0.5, 0.6) is 0 Å². The largest absolute Gasteiger partial charge is 0.411 e. The maximum absolute atomic E-state index is 8.09. The molecule has 0 spiro atoms. The van der Waals surface area contributed by atoms with Gasteiger partial charge in [-0.2, -0.15) is 0 Å². The molecule has 0 unspecified atom stereocenters. The van der Waals surface area contributed by atoms with Crippen molar-refractivity contribution in [3.63, 3.8) is 0 Å². The highest BCUT2D eigenvalue weighted by Gasteiger charge is 1.91. The standard InChI is InChI=1S/C5H4BrNOS/c6-5-1-4(2-7-8)3-9-5/h1-3,8H/b7-2+. The zero-order valence-corrected chi connectivity index (χ0v) is 6.82. The number of hydrogen-bond acceptors (Lipinski definition) is 3. The van der Waals surface area contributed by atoms with E-state index in [4.69, 9.17) is 5.21 Å². The monoisotopic (exact) mass is 205 g/mol. The van der Waals surface area contributed by atoms with Gasteiger partial charge in [0.2, 0.25) is 0 Å². The highest BCUT2D eigenvalue weighted by Crippen LogP contribution is 2.19. The van der Waals surface area contributed by atoms with Crippen LogP contribution in [0.4, 0.5) is 0 Å². The van der Waals surface area contributed by atoms with E-state index in [-0.39, 0.29) is 0 Å². The number of oxime groups is 1. The Kier molecular flexibility index (Phi) is 2.24. The van der Waals surface area contributed by atoms with E-state index in [0.717, 1.165) is 9.35 Å². The Bertz CT molecular complexity index is 220. The molecule has 2 nitrogen and oxygen atoms in total. The summed E-state index contributed by atoms with van der Waals surface area (Å²) >= 11 is 4.84. The van der Waals surface area contributed by atoms with Crippen LogP contribution < -0.4 is 0 Å². The fourth-order valence-electron chi connectivity index (χ4n) is 0.458. The lowest BCUT2D eigenvalue weighted by Crippen LogP contribution is -1.70. The van der Waals surface area contributed by atoms with Gasteiger partial charge in [0.15, 0.2) is 0 Å². The first-order valence-electron chi connectivity index (χ1n) is 2.24. The van der Waals surface area contributed by atoms with Gasteiger partial charge in [0.1, 0.15) is 0 Å². The minimum absolute atomic E-state index is 0.911. The molecule has 0 saturated heterocycles. The van der Waals surface area contributed by atoms with Crippen molar-refractivity contribution in [1.82, 2.24) is 0 Å². The van der Waals surface area contributed by atoms with E-state index in [1.54, 1.807) is 11.3 Å². The SMILES string of the molecule is O/N=C/c1csc(Br)c1. The van der Waals surface area contributed by atoms with E-state index in [1.807, 2.05) is 11.4 Å². The van der Waals surface area contributed by atoms with Crippen LogP contribution in [0.2, 0.25) is 0 Å². The van der Waals surface area contributed by atoms with Crippen LogP contribution >= 0.6 is 27.3 Å². The van der Waals surface area contributed by atoms with Gasteiger partial charge in [0.25, 0.3) is 0 Å². The van der Waals surface area contributed by atoms with Gasteiger partial charge in [-0.15, -0.1) is 11.3 Å². The Hall–Kier alpha value is -0.350. The zero-order valence-electron chi connectivity index (χ0n) is 4.41. The fourth-order valence-corrected chi connectivity index (χ4v) is 1.58. The first-order chi connectivity index (χ1) is 4.33. The van der Waals surface area contributed by atoms with Crippen LogP contribution in [0.15, 0.2) is 20.4 Å². The summed E-state index contributed by atoms with van der Waals surface area (Å²) in [6, 6.07) is 1.88. The second kappa shape index (κ2) is 2.98. The van der Waals surface area contributed by atoms with Crippen LogP contribution in [0, 0.1) is 0 Å². The van der Waals surface area contributed by atoms with Gasteiger partial charge < -0.3 is 5.21 Å². The lowest BCUT2D eigenvalue weighted by molar-refractivity contribution is 0.322. The molecule has 0 aliphatic carbocycles. The van der Waals surface area contributed by atoms with Crippen LogP contribution in [0.25, 0.3) is 0 Å². The molecule has 0 fully saturated rings. The van der Waals surface area contributed by atoms with Crippen molar-refractivity contribution in [3.05, 3.63) is 20.8 Å². The molecule has 0 bridgehead atoms. The minimum Gasteiger partial charge on any atom is -0.411 e. The number of halogens is 1. The van der Waals surface area contributed by atoms with E-state index in [9.17, 15) is 0 Å². The molecule has 1 rings (SSSR count). The lowest BCUT2D eigenvalue weighted by atomic mass is 10.4. The summed E-state index contributed by atoms with van der Waals surface area (Å²) in [7, 11) is 0. The van der Waals surface area contributed by atoms with Crippen molar-refractivity contribution in [3.8, 4) is 0 Å². The van der Waals surface area contributed by atoms with Crippen LogP contribution in [-0.2, 0) is 0 Å². The predicted molar refractivity (Wildman–Crippen MR) is 41.4 cm³/mol. The van der Waals surface area contributed by atoms with Gasteiger partial charge in [0, 0.05) is 10.9 Å². The summed E-state index contributed by atoms with van der Waals surface area (Å²) in [5.74, 6) is 0. The molecular formula is C5H4BrNOS. The van der Waals surface area contributed by atoms with E-state index < -0.39 is 0 Å². The third kappa shape index (κ3) is 1.80. The summed E-state index contributed by atoms with van der Waals surface area (Å²) in [6.07, 6.45) is 1.39. The van der Waals surface area contributed by atoms with Crippen LogP contribution in [-0.4, -0.2) is 11.4 Å². The third-order valence-electron chi connectivity index (χ3n) is 0.795. The Morgan fingerprint density at radius 3 is 3.00 bits per heavy atom. The quantitative estimate of drug-likeness (QED) is 0.426. The summed E-state index contributed by atoms with van der Waals surface area (Å²) < 4.78 is 1.04. The molecule has 9 heavy (non-hydrogen) atoms. The van der Waals surface area contributed by atoms with Crippen LogP contribution in [0.1, 0.15) is 5.56 Å². The van der Waals surface area contributed by atoms with Crippen LogP contribution in [0.3, 0.4) is 0 Å². The van der Waals surface area contributed by atoms with Crippen molar-refractivity contribution < 1.29 is 5.21 Å². The van der Waals surface area contributed by atoms with E-state index in [1.165, 1.54) is 6.21 Å². The Morgan fingerprint density at radius 2 is 2.56 bits per heavy atom. The smallest absolute Gasteiger partial charge is 0.0742 e. The molecule has 4 heteroatoms. The minimum atomic E-state index is 0.911. The second-order valence-corrected chi connectivity index (χ2v) is 3.72. The third-order valence-corrected chi connectivity index (χ3v) is 2.32. The molecule has 48 valence electrons. The van der Waals surface area contributed by atoms with E-state index in [2.05, 4.69) is 21.1 Å². The molecule has 0 atom stereocenters. The number of hydrogen-bond donors (Lipinski definition) is 1. The predicted octanol–water partition coefficient (Wildman–Crippen LogP) is 2.32. The van der Waals surface area contributed by atoms with Gasteiger partial charge in [-0.1, -0.05) is 5.16 Å². The summed E-state index contributed by atoms with van der Waals surface area (Å²) in [5, 5.41) is 12.9. The maximum atomic E-state index is 8.09. The highest BCUT2D eigenvalue weighted by atomic mass is 79.9. The second-order valence-electron chi connectivity index (χ2n) is 1.43. The molecule has 0 aliphatic heterocycles. The summed E-state index contributed by atoms with van der Waals surface area (Å²) in [4.78, 5) is 0. The number of rotatable bonds is 1. The molecular weight excluding hydrogens is 202 g/mol. The molecule has 0 amide bonds. The topological polar surface area (TPSA) is 32.6 Å². The summed E-state index contributed by atoms with van der Waals surface area (Å²) in [5.41, 5.74) is 0.911. The normalized spacial score (nSPS) is 10.8. The first-order valence-corrected chi connectivity index (χ1v) is 3.91. The van der Waals surface area contributed by atoms with E-state index in [0.29, 0.717) is 0 Å². The van der Waals surface area contributed by atoms with Crippen molar-refractivity contribution in [2.24, 2.45) is 5.16 Å². The molecule has 1 aromatic rings. The molecule has 0 saturated carbocycles. The van der Waals surface area contributed by atoms with Gasteiger partial charge in [-0.05, 0) is 22.0 Å². The van der Waals surface area contributed by atoms with Crippen molar-refractivity contribution >= 4 is 33.5 Å². The van der Waals surface area contributed by atoms with Crippen molar-refractivity contribution in [1.29, 1.82) is 0 Å². The molecule has 1 N–H and O–H groups in total.